The largest absolute Gasteiger partial charge is 0.497 e. The first-order valence-electron chi connectivity index (χ1n) is 6.73. The molecule has 1 aromatic heterocycles. The highest BCUT2D eigenvalue weighted by molar-refractivity contribution is 6.31. The molecule has 0 fully saturated rings. The predicted octanol–water partition coefficient (Wildman–Crippen LogP) is 3.05. The van der Waals surface area contributed by atoms with Gasteiger partial charge < -0.3 is 14.6 Å². The van der Waals surface area contributed by atoms with E-state index < -0.39 is 6.10 Å². The molecule has 0 aliphatic heterocycles. The van der Waals surface area contributed by atoms with E-state index in [2.05, 4.69) is 5.10 Å². The number of aliphatic hydroxyl groups excluding tert-OH is 1. The zero-order chi connectivity index (χ0) is 15.4. The van der Waals surface area contributed by atoms with Crippen LogP contribution in [0.5, 0.6) is 11.5 Å². The standard InChI is InChI=1S/C15H19ClN2O3/c1-4-7-18-14(12(16)9-17-18)15(19)11-6-5-10(20-2)8-13(11)21-3/h5-6,8-9,15,19H,4,7H2,1-3H3. The van der Waals surface area contributed by atoms with Gasteiger partial charge in [-0.3, -0.25) is 4.68 Å². The van der Waals surface area contributed by atoms with E-state index in [1.54, 1.807) is 43.3 Å². The fraction of sp³-hybridized carbons (Fsp3) is 0.400. The first kappa shape index (κ1) is 15.7. The van der Waals surface area contributed by atoms with Crippen molar-refractivity contribution in [3.8, 4) is 11.5 Å². The minimum Gasteiger partial charge on any atom is -0.497 e. The van der Waals surface area contributed by atoms with Crippen molar-refractivity contribution in [2.24, 2.45) is 0 Å². The fourth-order valence-corrected chi connectivity index (χ4v) is 2.47. The van der Waals surface area contributed by atoms with Gasteiger partial charge in [-0.25, -0.2) is 0 Å². The van der Waals surface area contributed by atoms with Crippen LogP contribution >= 0.6 is 11.6 Å². The molecule has 1 atom stereocenters. The summed E-state index contributed by atoms with van der Waals surface area (Å²) in [5, 5.41) is 15.3. The first-order chi connectivity index (χ1) is 10.1. The molecule has 0 radical (unpaired) electrons. The topological polar surface area (TPSA) is 56.5 Å². The Balaban J connectivity index is 2.44. The second-order valence-electron chi connectivity index (χ2n) is 4.61. The summed E-state index contributed by atoms with van der Waals surface area (Å²) in [7, 11) is 3.13. The lowest BCUT2D eigenvalue weighted by Gasteiger charge is -2.17. The number of hydrogen-bond donors (Lipinski definition) is 1. The number of ether oxygens (including phenoxy) is 2. The number of aromatic nitrogens is 2. The summed E-state index contributed by atoms with van der Waals surface area (Å²) in [6, 6.07) is 5.27. The van der Waals surface area contributed by atoms with Crippen LogP contribution in [0.15, 0.2) is 24.4 Å². The first-order valence-corrected chi connectivity index (χ1v) is 7.11. The Kier molecular flexibility index (Phi) is 5.09. The summed E-state index contributed by atoms with van der Waals surface area (Å²) in [6.07, 6.45) is 1.54. The number of methoxy groups -OCH3 is 2. The predicted molar refractivity (Wildman–Crippen MR) is 81.1 cm³/mol. The van der Waals surface area contributed by atoms with Gasteiger partial charge in [0.25, 0.3) is 0 Å². The van der Waals surface area contributed by atoms with Crippen LogP contribution in [-0.2, 0) is 6.54 Å². The van der Waals surface area contributed by atoms with Gasteiger partial charge >= 0.3 is 0 Å². The molecule has 2 rings (SSSR count). The number of aryl methyl sites for hydroxylation is 1. The van der Waals surface area contributed by atoms with Gasteiger partial charge in [0, 0.05) is 18.2 Å². The van der Waals surface area contributed by atoms with Crippen molar-refractivity contribution in [1.29, 1.82) is 0 Å². The van der Waals surface area contributed by atoms with Gasteiger partial charge in [0.1, 0.15) is 17.6 Å². The summed E-state index contributed by atoms with van der Waals surface area (Å²) in [4.78, 5) is 0. The minimum atomic E-state index is -0.910. The zero-order valence-electron chi connectivity index (χ0n) is 12.3. The molecule has 0 aliphatic rings. The molecule has 2 aromatic rings. The SMILES string of the molecule is CCCn1ncc(Cl)c1C(O)c1ccc(OC)cc1OC. The van der Waals surface area contributed by atoms with Crippen LogP contribution in [-0.4, -0.2) is 29.1 Å². The Hall–Kier alpha value is -1.72. The van der Waals surface area contributed by atoms with Crippen molar-refractivity contribution in [2.75, 3.05) is 14.2 Å². The fourth-order valence-electron chi connectivity index (χ4n) is 2.23. The lowest BCUT2D eigenvalue weighted by atomic mass is 10.0. The molecule has 0 amide bonds. The minimum absolute atomic E-state index is 0.439. The van der Waals surface area contributed by atoms with Crippen molar-refractivity contribution in [1.82, 2.24) is 9.78 Å². The van der Waals surface area contributed by atoms with Gasteiger partial charge in [-0.1, -0.05) is 18.5 Å². The van der Waals surface area contributed by atoms with E-state index in [0.29, 0.717) is 34.3 Å². The summed E-state index contributed by atoms with van der Waals surface area (Å²) in [6.45, 7) is 2.73. The molecular formula is C15H19ClN2O3. The average Bonchev–Trinajstić information content (AvgIpc) is 2.87. The maximum Gasteiger partial charge on any atom is 0.128 e. The maximum atomic E-state index is 10.7. The van der Waals surface area contributed by atoms with E-state index in [1.165, 1.54) is 0 Å². The summed E-state index contributed by atoms with van der Waals surface area (Å²) < 4.78 is 12.2. The van der Waals surface area contributed by atoms with Crippen LogP contribution < -0.4 is 9.47 Å². The smallest absolute Gasteiger partial charge is 0.128 e. The third-order valence-electron chi connectivity index (χ3n) is 3.26. The summed E-state index contributed by atoms with van der Waals surface area (Å²) in [5.74, 6) is 1.21. The molecular weight excluding hydrogens is 292 g/mol. The molecule has 6 heteroatoms. The van der Waals surface area contributed by atoms with Crippen LogP contribution in [0.4, 0.5) is 0 Å². The highest BCUT2D eigenvalue weighted by atomic mass is 35.5. The molecule has 0 saturated carbocycles. The van der Waals surface area contributed by atoms with Gasteiger partial charge in [0.2, 0.25) is 0 Å². The number of hydrogen-bond acceptors (Lipinski definition) is 4. The molecule has 1 aromatic carbocycles. The van der Waals surface area contributed by atoms with Crippen molar-refractivity contribution in [2.45, 2.75) is 26.0 Å². The van der Waals surface area contributed by atoms with Gasteiger partial charge in [-0.05, 0) is 18.6 Å². The van der Waals surface area contributed by atoms with E-state index in [0.717, 1.165) is 6.42 Å². The number of benzene rings is 1. The van der Waals surface area contributed by atoms with Gasteiger partial charge in [0.15, 0.2) is 0 Å². The second-order valence-corrected chi connectivity index (χ2v) is 5.02. The number of rotatable bonds is 6. The Bertz CT molecular complexity index is 613. The molecule has 0 aliphatic carbocycles. The van der Waals surface area contributed by atoms with Gasteiger partial charge in [-0.2, -0.15) is 5.10 Å². The second kappa shape index (κ2) is 6.83. The van der Waals surface area contributed by atoms with Crippen molar-refractivity contribution >= 4 is 11.6 Å². The van der Waals surface area contributed by atoms with E-state index in [9.17, 15) is 5.11 Å². The quantitative estimate of drug-likeness (QED) is 0.891. The van der Waals surface area contributed by atoms with Gasteiger partial charge in [-0.15, -0.1) is 0 Å². The molecule has 21 heavy (non-hydrogen) atoms. The van der Waals surface area contributed by atoms with E-state index >= 15 is 0 Å². The molecule has 0 bridgehead atoms. The van der Waals surface area contributed by atoms with Crippen LogP contribution in [0.2, 0.25) is 5.02 Å². The third kappa shape index (κ3) is 3.14. The highest BCUT2D eigenvalue weighted by Gasteiger charge is 2.23. The molecule has 0 spiro atoms. The molecule has 1 N–H and O–H groups in total. The Morgan fingerprint density at radius 3 is 2.71 bits per heavy atom. The van der Waals surface area contributed by atoms with Crippen LogP contribution in [0, 0.1) is 0 Å². The van der Waals surface area contributed by atoms with Crippen LogP contribution in [0.1, 0.15) is 30.7 Å². The Labute approximate surface area is 129 Å². The van der Waals surface area contributed by atoms with Crippen molar-refractivity contribution in [3.05, 3.63) is 40.7 Å². The molecule has 1 heterocycles. The Morgan fingerprint density at radius 2 is 2.10 bits per heavy atom. The molecule has 114 valence electrons. The molecule has 0 saturated heterocycles. The number of halogens is 1. The zero-order valence-corrected chi connectivity index (χ0v) is 13.1. The summed E-state index contributed by atoms with van der Waals surface area (Å²) in [5.41, 5.74) is 1.19. The highest BCUT2D eigenvalue weighted by Crippen LogP contribution is 2.35. The van der Waals surface area contributed by atoms with Gasteiger partial charge in [0.05, 0.1) is 31.1 Å². The number of nitrogens with zero attached hydrogens (tertiary/aromatic N) is 2. The normalized spacial score (nSPS) is 12.2. The van der Waals surface area contributed by atoms with Crippen LogP contribution in [0.3, 0.4) is 0 Å². The average molecular weight is 311 g/mol. The lowest BCUT2D eigenvalue weighted by Crippen LogP contribution is -2.11. The molecule has 1 unspecified atom stereocenters. The monoisotopic (exact) mass is 310 g/mol. The summed E-state index contributed by atoms with van der Waals surface area (Å²) >= 11 is 6.17. The van der Waals surface area contributed by atoms with E-state index in [4.69, 9.17) is 21.1 Å². The van der Waals surface area contributed by atoms with Crippen molar-refractivity contribution in [3.63, 3.8) is 0 Å². The van der Waals surface area contributed by atoms with E-state index in [1.807, 2.05) is 6.92 Å². The van der Waals surface area contributed by atoms with Crippen LogP contribution in [0.25, 0.3) is 0 Å². The third-order valence-corrected chi connectivity index (χ3v) is 3.55. The number of aliphatic hydroxyl groups is 1. The molecule has 5 nitrogen and oxygen atoms in total. The Morgan fingerprint density at radius 1 is 1.33 bits per heavy atom. The van der Waals surface area contributed by atoms with Crippen molar-refractivity contribution < 1.29 is 14.6 Å². The lowest BCUT2D eigenvalue weighted by molar-refractivity contribution is 0.202. The van der Waals surface area contributed by atoms with E-state index in [-0.39, 0.29) is 0 Å². The maximum absolute atomic E-state index is 10.7.